The summed E-state index contributed by atoms with van der Waals surface area (Å²) in [7, 11) is 0. The molecular formula is C20H27N3O2. The number of hydrogen-bond donors (Lipinski definition) is 1. The first kappa shape index (κ1) is 17.7. The van der Waals surface area contributed by atoms with E-state index in [1.54, 1.807) is 12.3 Å². The summed E-state index contributed by atoms with van der Waals surface area (Å²) in [6.45, 7) is 6.03. The molecule has 2 aromatic rings. The van der Waals surface area contributed by atoms with Gasteiger partial charge in [-0.1, -0.05) is 19.9 Å². The van der Waals surface area contributed by atoms with Crippen LogP contribution in [-0.2, 0) is 0 Å². The van der Waals surface area contributed by atoms with Crippen LogP contribution in [0.15, 0.2) is 47.4 Å². The second-order valence-corrected chi connectivity index (χ2v) is 7.18. The first-order valence-corrected chi connectivity index (χ1v) is 9.12. The van der Waals surface area contributed by atoms with E-state index in [1.807, 2.05) is 23.2 Å². The van der Waals surface area contributed by atoms with Crippen molar-refractivity contribution in [1.29, 1.82) is 0 Å². The molecule has 5 nitrogen and oxygen atoms in total. The lowest BCUT2D eigenvalue weighted by atomic mass is 9.97. The third-order valence-electron chi connectivity index (χ3n) is 4.74. The van der Waals surface area contributed by atoms with Gasteiger partial charge in [-0.05, 0) is 43.4 Å². The van der Waals surface area contributed by atoms with Gasteiger partial charge in [-0.15, -0.1) is 0 Å². The Morgan fingerprint density at radius 1 is 1.32 bits per heavy atom. The van der Waals surface area contributed by atoms with Gasteiger partial charge in [0.1, 0.15) is 6.26 Å². The number of furan rings is 1. The highest BCUT2D eigenvalue weighted by atomic mass is 16.3. The first-order chi connectivity index (χ1) is 12.1. The van der Waals surface area contributed by atoms with Crippen LogP contribution in [0.5, 0.6) is 0 Å². The van der Waals surface area contributed by atoms with Gasteiger partial charge in [0.2, 0.25) is 0 Å². The summed E-state index contributed by atoms with van der Waals surface area (Å²) in [4.78, 5) is 18.8. The topological polar surface area (TPSA) is 58.4 Å². The van der Waals surface area contributed by atoms with Crippen LogP contribution >= 0.6 is 0 Å². The number of nitrogens with zero attached hydrogens (tertiary/aromatic N) is 2. The van der Waals surface area contributed by atoms with E-state index >= 15 is 0 Å². The molecule has 3 heterocycles. The Labute approximate surface area is 149 Å². The minimum absolute atomic E-state index is 0.0654. The Balaban J connectivity index is 1.57. The molecule has 1 amide bonds. The summed E-state index contributed by atoms with van der Waals surface area (Å²) >= 11 is 0. The minimum atomic E-state index is 0.0654. The van der Waals surface area contributed by atoms with Gasteiger partial charge in [0.05, 0.1) is 17.5 Å². The largest absolute Gasteiger partial charge is 0.472 e. The lowest BCUT2D eigenvalue weighted by Gasteiger charge is -2.34. The number of carbonyl (C=O) groups is 1. The van der Waals surface area contributed by atoms with Gasteiger partial charge in [-0.2, -0.15) is 0 Å². The highest BCUT2D eigenvalue weighted by molar-refractivity contribution is 5.93. The summed E-state index contributed by atoms with van der Waals surface area (Å²) < 4.78 is 5.02. The van der Waals surface area contributed by atoms with Crippen LogP contribution in [0.2, 0.25) is 0 Å². The molecule has 1 atom stereocenters. The maximum Gasteiger partial charge on any atom is 0.257 e. The summed E-state index contributed by atoms with van der Waals surface area (Å²) in [6.07, 6.45) is 7.91. The van der Waals surface area contributed by atoms with Crippen molar-refractivity contribution in [2.24, 2.45) is 5.92 Å². The zero-order valence-electron chi connectivity index (χ0n) is 15.0. The number of nitrogens with one attached hydrogen (secondary N) is 1. The smallest absolute Gasteiger partial charge is 0.257 e. The van der Waals surface area contributed by atoms with Gasteiger partial charge in [-0.3, -0.25) is 9.78 Å². The van der Waals surface area contributed by atoms with E-state index in [1.165, 1.54) is 6.26 Å². The summed E-state index contributed by atoms with van der Waals surface area (Å²) in [5.41, 5.74) is 1.74. The fourth-order valence-corrected chi connectivity index (χ4v) is 3.43. The lowest BCUT2D eigenvalue weighted by Crippen LogP contribution is -2.46. The minimum Gasteiger partial charge on any atom is -0.472 e. The molecule has 1 aliphatic rings. The van der Waals surface area contributed by atoms with Gasteiger partial charge < -0.3 is 14.6 Å². The Bertz CT molecular complexity index is 647. The standard InChI is InChI=1S/C20H27N3O2/c1-15(2)13-19(18-5-3-4-9-21-18)22-17-6-10-23(11-7-17)20(24)16-8-12-25-14-16/h3-5,8-9,12,14-15,17,19,22H,6-7,10-11,13H2,1-2H3/t19-/m0/s1. The van der Waals surface area contributed by atoms with E-state index in [0.717, 1.165) is 38.0 Å². The molecule has 2 aromatic heterocycles. The van der Waals surface area contributed by atoms with Crippen molar-refractivity contribution in [2.45, 2.75) is 45.2 Å². The van der Waals surface area contributed by atoms with Crippen molar-refractivity contribution in [1.82, 2.24) is 15.2 Å². The van der Waals surface area contributed by atoms with Crippen molar-refractivity contribution < 1.29 is 9.21 Å². The van der Waals surface area contributed by atoms with Crippen LogP contribution in [0.3, 0.4) is 0 Å². The van der Waals surface area contributed by atoms with E-state index in [9.17, 15) is 4.79 Å². The van der Waals surface area contributed by atoms with Gasteiger partial charge in [0, 0.05) is 31.4 Å². The van der Waals surface area contributed by atoms with Gasteiger partial charge in [0.15, 0.2) is 0 Å². The van der Waals surface area contributed by atoms with E-state index < -0.39 is 0 Å². The van der Waals surface area contributed by atoms with Gasteiger partial charge >= 0.3 is 0 Å². The Hall–Kier alpha value is -2.14. The lowest BCUT2D eigenvalue weighted by molar-refractivity contribution is 0.0699. The van der Waals surface area contributed by atoms with Crippen LogP contribution in [0, 0.1) is 5.92 Å². The summed E-state index contributed by atoms with van der Waals surface area (Å²) in [6, 6.07) is 8.50. The average molecular weight is 341 g/mol. The Morgan fingerprint density at radius 2 is 2.12 bits per heavy atom. The Morgan fingerprint density at radius 3 is 2.72 bits per heavy atom. The molecule has 25 heavy (non-hydrogen) atoms. The van der Waals surface area contributed by atoms with Crippen LogP contribution in [0.25, 0.3) is 0 Å². The number of hydrogen-bond acceptors (Lipinski definition) is 4. The molecule has 1 aliphatic heterocycles. The molecule has 3 rings (SSSR count). The molecule has 0 unspecified atom stereocenters. The number of likely N-dealkylation sites (tertiary alicyclic amines) is 1. The van der Waals surface area contributed by atoms with Gasteiger partial charge in [0.25, 0.3) is 5.91 Å². The average Bonchev–Trinajstić information content (AvgIpc) is 3.16. The number of aromatic nitrogens is 1. The highest BCUT2D eigenvalue weighted by Crippen LogP contribution is 2.23. The maximum absolute atomic E-state index is 12.4. The molecule has 1 N–H and O–H groups in total. The number of carbonyl (C=O) groups excluding carboxylic acids is 1. The van der Waals surface area contributed by atoms with Crippen LogP contribution in [-0.4, -0.2) is 34.9 Å². The SMILES string of the molecule is CC(C)C[C@H](NC1CCN(C(=O)c2ccoc2)CC1)c1ccccn1. The molecule has 134 valence electrons. The molecule has 0 aromatic carbocycles. The van der Waals surface area contributed by atoms with Gasteiger partial charge in [-0.25, -0.2) is 0 Å². The second kappa shape index (κ2) is 8.30. The highest BCUT2D eigenvalue weighted by Gasteiger charge is 2.26. The molecule has 0 radical (unpaired) electrons. The normalized spacial score (nSPS) is 17.0. The first-order valence-electron chi connectivity index (χ1n) is 9.12. The third kappa shape index (κ3) is 4.69. The number of piperidine rings is 1. The van der Waals surface area contributed by atoms with Crippen LogP contribution < -0.4 is 5.32 Å². The van der Waals surface area contributed by atoms with Crippen LogP contribution in [0.1, 0.15) is 55.2 Å². The fourth-order valence-electron chi connectivity index (χ4n) is 3.43. The van der Waals surface area contributed by atoms with Crippen molar-refractivity contribution in [3.8, 4) is 0 Å². The fraction of sp³-hybridized carbons (Fsp3) is 0.500. The maximum atomic E-state index is 12.4. The van der Waals surface area contributed by atoms with Crippen molar-refractivity contribution >= 4 is 5.91 Å². The molecule has 0 aliphatic carbocycles. The Kier molecular flexibility index (Phi) is 5.87. The molecule has 1 fully saturated rings. The third-order valence-corrected chi connectivity index (χ3v) is 4.74. The molecule has 0 spiro atoms. The zero-order valence-corrected chi connectivity index (χ0v) is 15.0. The quantitative estimate of drug-likeness (QED) is 0.871. The second-order valence-electron chi connectivity index (χ2n) is 7.18. The molecular weight excluding hydrogens is 314 g/mol. The summed E-state index contributed by atoms with van der Waals surface area (Å²) in [5, 5.41) is 3.78. The molecule has 0 saturated carbocycles. The molecule has 1 saturated heterocycles. The predicted molar refractivity (Wildman–Crippen MR) is 97.2 cm³/mol. The number of pyridine rings is 1. The van der Waals surface area contributed by atoms with Crippen LogP contribution in [0.4, 0.5) is 0 Å². The number of rotatable bonds is 6. The molecule has 5 heteroatoms. The summed E-state index contributed by atoms with van der Waals surface area (Å²) in [5.74, 6) is 0.665. The van der Waals surface area contributed by atoms with Crippen molar-refractivity contribution in [3.63, 3.8) is 0 Å². The van der Waals surface area contributed by atoms with E-state index in [0.29, 0.717) is 17.5 Å². The monoisotopic (exact) mass is 341 g/mol. The van der Waals surface area contributed by atoms with Crippen molar-refractivity contribution in [2.75, 3.05) is 13.1 Å². The van der Waals surface area contributed by atoms with E-state index in [4.69, 9.17) is 4.42 Å². The zero-order chi connectivity index (χ0) is 17.6. The molecule has 0 bridgehead atoms. The van der Waals surface area contributed by atoms with E-state index in [2.05, 4.69) is 30.2 Å². The van der Waals surface area contributed by atoms with E-state index in [-0.39, 0.29) is 11.9 Å². The predicted octanol–water partition coefficient (Wildman–Crippen LogP) is 3.66. The number of amides is 1. The van der Waals surface area contributed by atoms with Crippen molar-refractivity contribution in [3.05, 3.63) is 54.2 Å².